The topological polar surface area (TPSA) is 95.9 Å². The summed E-state index contributed by atoms with van der Waals surface area (Å²) in [6.07, 6.45) is 54.6. The van der Waals surface area contributed by atoms with E-state index < -0.39 is 18.2 Å². The van der Waals surface area contributed by atoms with Gasteiger partial charge in [0.15, 0.2) is 0 Å². The van der Waals surface area contributed by atoms with Gasteiger partial charge in [-0.05, 0) is 51.0 Å². The third-order valence-corrected chi connectivity index (χ3v) is 10.6. The fraction of sp³-hybridized carbons (Fsp3) is 0.765. The van der Waals surface area contributed by atoms with Gasteiger partial charge >= 0.3 is 5.97 Å². The highest BCUT2D eigenvalue weighted by molar-refractivity contribution is 5.78. The van der Waals surface area contributed by atoms with E-state index >= 15 is 0 Å². The molecule has 57 heavy (non-hydrogen) atoms. The molecular weight excluding hydrogens is 707 g/mol. The molecule has 6 heteroatoms. The van der Waals surface area contributed by atoms with Crippen LogP contribution < -0.4 is 5.32 Å². The fourth-order valence-corrected chi connectivity index (χ4v) is 6.98. The Kier molecular flexibility index (Phi) is 42.7. The Labute approximate surface area is 352 Å². The first kappa shape index (κ1) is 54.6. The lowest BCUT2D eigenvalue weighted by atomic mass is 10.0. The minimum absolute atomic E-state index is 0.0453. The maximum atomic E-state index is 13.1. The summed E-state index contributed by atoms with van der Waals surface area (Å²) < 4.78 is 5.79. The summed E-state index contributed by atoms with van der Waals surface area (Å²) in [4.78, 5) is 25.9. The third kappa shape index (κ3) is 40.1. The van der Waals surface area contributed by atoms with Crippen molar-refractivity contribution in [1.82, 2.24) is 5.32 Å². The van der Waals surface area contributed by atoms with Crippen molar-refractivity contribution in [2.24, 2.45) is 0 Å². The van der Waals surface area contributed by atoms with Gasteiger partial charge in [0, 0.05) is 6.42 Å². The predicted molar refractivity (Wildman–Crippen MR) is 245 cm³/mol. The number of esters is 1. The van der Waals surface area contributed by atoms with Crippen molar-refractivity contribution in [2.45, 2.75) is 244 Å². The van der Waals surface area contributed by atoms with Crippen LogP contribution in [0.15, 0.2) is 60.8 Å². The lowest BCUT2D eigenvalue weighted by Gasteiger charge is -2.23. The van der Waals surface area contributed by atoms with Crippen LogP contribution in [0.25, 0.3) is 0 Å². The molecule has 0 bridgehead atoms. The molecule has 0 aromatic carbocycles. The minimum Gasteiger partial charge on any atom is -0.458 e. The van der Waals surface area contributed by atoms with E-state index in [-0.39, 0.29) is 24.9 Å². The van der Waals surface area contributed by atoms with Crippen LogP contribution in [0.5, 0.6) is 0 Å². The molecule has 0 saturated heterocycles. The quantitative estimate of drug-likeness (QED) is 0.0325. The van der Waals surface area contributed by atoms with Gasteiger partial charge in [0.05, 0.1) is 25.2 Å². The van der Waals surface area contributed by atoms with Gasteiger partial charge in [0.1, 0.15) is 6.10 Å². The number of rotatable bonds is 42. The Morgan fingerprint density at radius 1 is 0.526 bits per heavy atom. The Morgan fingerprint density at radius 3 is 1.33 bits per heavy atom. The minimum atomic E-state index is -0.817. The molecule has 0 fully saturated rings. The number of aliphatic hydroxyl groups excluding tert-OH is 2. The molecule has 0 aliphatic carbocycles. The average Bonchev–Trinajstić information content (AvgIpc) is 3.20. The summed E-state index contributed by atoms with van der Waals surface area (Å²) in [6, 6.07) is -0.740. The van der Waals surface area contributed by atoms with E-state index in [4.69, 9.17) is 4.74 Å². The van der Waals surface area contributed by atoms with Gasteiger partial charge in [-0.3, -0.25) is 9.59 Å². The number of carbonyl (C=O) groups is 2. The van der Waals surface area contributed by atoms with Gasteiger partial charge < -0.3 is 20.3 Å². The first-order chi connectivity index (χ1) is 28.0. The van der Waals surface area contributed by atoms with Gasteiger partial charge in [-0.2, -0.15) is 0 Å². The maximum absolute atomic E-state index is 13.1. The van der Waals surface area contributed by atoms with Crippen LogP contribution in [0.3, 0.4) is 0 Å². The smallest absolute Gasteiger partial charge is 0.306 e. The van der Waals surface area contributed by atoms with Crippen molar-refractivity contribution in [3.8, 4) is 0 Å². The van der Waals surface area contributed by atoms with Crippen LogP contribution in [0, 0.1) is 0 Å². The van der Waals surface area contributed by atoms with E-state index in [9.17, 15) is 19.8 Å². The highest BCUT2D eigenvalue weighted by Gasteiger charge is 2.23. The number of ether oxygens (including phenoxy) is 1. The standard InChI is InChI=1S/C51H91NO5/c1-4-7-10-13-16-19-21-23-25-27-29-32-34-37-40-43-49(54)48(46-53)52-50(55)45-47(57-51(56)44-41-38-35-30-18-15-12-9-6-3)42-39-36-33-31-28-26-24-22-20-17-14-11-8-5-2/h8,11,17,20,24,26,31,33,39,42,47-49,53-54H,4-7,9-10,12-16,18-19,21-23,25,27-30,32,34-38,40-41,43-46H2,1-3H3,(H,52,55)/b11-8+,20-17+,26-24+,33-31+,42-39+. The zero-order valence-electron chi connectivity index (χ0n) is 37.5. The number of hydrogen-bond donors (Lipinski definition) is 3. The van der Waals surface area contributed by atoms with E-state index in [1.165, 1.54) is 116 Å². The Balaban J connectivity index is 4.67. The Morgan fingerprint density at radius 2 is 0.912 bits per heavy atom. The van der Waals surface area contributed by atoms with Gasteiger partial charge in [-0.1, -0.05) is 223 Å². The highest BCUT2D eigenvalue weighted by atomic mass is 16.5. The largest absolute Gasteiger partial charge is 0.458 e. The number of hydrogen-bond acceptors (Lipinski definition) is 5. The molecule has 0 saturated carbocycles. The first-order valence-corrected chi connectivity index (χ1v) is 24.0. The van der Waals surface area contributed by atoms with E-state index in [0.29, 0.717) is 19.3 Å². The third-order valence-electron chi connectivity index (χ3n) is 10.6. The number of nitrogens with one attached hydrogen (secondary N) is 1. The number of aliphatic hydroxyl groups is 2. The average molecular weight is 798 g/mol. The van der Waals surface area contributed by atoms with Gasteiger partial charge in [-0.25, -0.2) is 0 Å². The van der Waals surface area contributed by atoms with Crippen molar-refractivity contribution < 1.29 is 24.5 Å². The van der Waals surface area contributed by atoms with Crippen molar-refractivity contribution in [3.05, 3.63) is 60.8 Å². The second-order valence-electron chi connectivity index (χ2n) is 16.1. The number of carbonyl (C=O) groups excluding carboxylic acids is 2. The number of allylic oxidation sites excluding steroid dienone is 9. The van der Waals surface area contributed by atoms with Gasteiger partial charge in [0.2, 0.25) is 5.91 Å². The summed E-state index contributed by atoms with van der Waals surface area (Å²) in [5.41, 5.74) is 0. The fourth-order valence-electron chi connectivity index (χ4n) is 6.98. The second kappa shape index (κ2) is 44.7. The molecule has 3 N–H and O–H groups in total. The molecule has 0 aliphatic rings. The molecule has 0 radical (unpaired) electrons. The summed E-state index contributed by atoms with van der Waals surface area (Å²) in [5.74, 6) is -0.630. The van der Waals surface area contributed by atoms with Crippen LogP contribution in [0.2, 0.25) is 0 Å². The van der Waals surface area contributed by atoms with Crippen molar-refractivity contribution >= 4 is 11.9 Å². The van der Waals surface area contributed by atoms with Crippen LogP contribution in [-0.4, -0.2) is 46.9 Å². The van der Waals surface area contributed by atoms with Crippen molar-refractivity contribution in [1.29, 1.82) is 0 Å². The Hall–Kier alpha value is -2.44. The normalized spacial score (nSPS) is 13.8. The number of amides is 1. The molecule has 0 spiro atoms. The summed E-state index contributed by atoms with van der Waals surface area (Å²) in [7, 11) is 0. The van der Waals surface area contributed by atoms with Crippen LogP contribution in [0.1, 0.15) is 226 Å². The van der Waals surface area contributed by atoms with E-state index in [2.05, 4.69) is 74.7 Å². The summed E-state index contributed by atoms with van der Waals surface area (Å²) >= 11 is 0. The predicted octanol–water partition coefficient (Wildman–Crippen LogP) is 14.1. The van der Waals surface area contributed by atoms with E-state index in [1.54, 1.807) is 6.08 Å². The molecule has 0 heterocycles. The molecule has 0 aromatic rings. The zero-order valence-corrected chi connectivity index (χ0v) is 37.5. The SMILES string of the molecule is CC/C=C/C/C=C/C/C=C/C/C=C/C/C=C/C(CC(=O)NC(CO)C(O)CCCCCCCCCCCCCCCCC)OC(=O)CCCCCCCCCCC. The molecule has 0 aliphatic heterocycles. The molecule has 1 amide bonds. The number of unbranched alkanes of at least 4 members (excludes halogenated alkanes) is 22. The van der Waals surface area contributed by atoms with E-state index in [1.807, 2.05) is 6.08 Å². The molecule has 0 aromatic heterocycles. The first-order valence-electron chi connectivity index (χ1n) is 24.0. The highest BCUT2D eigenvalue weighted by Crippen LogP contribution is 2.16. The van der Waals surface area contributed by atoms with Gasteiger partial charge in [-0.15, -0.1) is 0 Å². The van der Waals surface area contributed by atoms with Crippen LogP contribution >= 0.6 is 0 Å². The van der Waals surface area contributed by atoms with Crippen LogP contribution in [-0.2, 0) is 14.3 Å². The summed E-state index contributed by atoms with van der Waals surface area (Å²) in [6.45, 7) is 6.31. The van der Waals surface area contributed by atoms with Crippen molar-refractivity contribution in [2.75, 3.05) is 6.61 Å². The molecule has 6 nitrogen and oxygen atoms in total. The summed E-state index contributed by atoms with van der Waals surface area (Å²) in [5, 5.41) is 23.6. The monoisotopic (exact) mass is 798 g/mol. The molecule has 0 rings (SSSR count). The molecule has 330 valence electrons. The molecule has 3 atom stereocenters. The maximum Gasteiger partial charge on any atom is 0.306 e. The van der Waals surface area contributed by atoms with Crippen molar-refractivity contribution in [3.63, 3.8) is 0 Å². The lowest BCUT2D eigenvalue weighted by molar-refractivity contribution is -0.148. The Bertz CT molecular complexity index is 1030. The van der Waals surface area contributed by atoms with Gasteiger partial charge in [0.25, 0.3) is 0 Å². The molecule has 3 unspecified atom stereocenters. The lowest BCUT2D eigenvalue weighted by Crippen LogP contribution is -2.46. The van der Waals surface area contributed by atoms with Crippen LogP contribution in [0.4, 0.5) is 0 Å². The second-order valence-corrected chi connectivity index (χ2v) is 16.1. The zero-order chi connectivity index (χ0) is 41.7. The molecular formula is C51H91NO5. The van der Waals surface area contributed by atoms with E-state index in [0.717, 1.165) is 64.2 Å².